The van der Waals surface area contributed by atoms with E-state index < -0.39 is 0 Å². The van der Waals surface area contributed by atoms with E-state index in [1.54, 1.807) is 12.1 Å². The molecule has 6 heteroatoms. The number of hydrogen-bond acceptors (Lipinski definition) is 3. The molecule has 0 bridgehead atoms. The van der Waals surface area contributed by atoms with Gasteiger partial charge in [0.25, 0.3) is 5.91 Å². The van der Waals surface area contributed by atoms with E-state index in [9.17, 15) is 9.18 Å². The van der Waals surface area contributed by atoms with Gasteiger partial charge >= 0.3 is 0 Å². The van der Waals surface area contributed by atoms with E-state index in [1.165, 1.54) is 12.1 Å². The minimum atomic E-state index is -0.250. The highest BCUT2D eigenvalue weighted by molar-refractivity contribution is 5.94. The highest BCUT2D eigenvalue weighted by Crippen LogP contribution is 2.35. The van der Waals surface area contributed by atoms with E-state index >= 15 is 0 Å². The van der Waals surface area contributed by atoms with Crippen molar-refractivity contribution in [2.45, 2.75) is 51.5 Å². The Labute approximate surface area is 175 Å². The van der Waals surface area contributed by atoms with Crippen LogP contribution >= 0.6 is 0 Å². The molecule has 1 aliphatic heterocycles. The summed E-state index contributed by atoms with van der Waals surface area (Å²) in [6.45, 7) is 2.67. The number of likely N-dealkylation sites (tertiary alicyclic amines) is 1. The van der Waals surface area contributed by atoms with Crippen LogP contribution in [0.1, 0.15) is 64.9 Å². The molecule has 0 radical (unpaired) electrons. The van der Waals surface area contributed by atoms with Crippen LogP contribution < -0.4 is 0 Å². The van der Waals surface area contributed by atoms with Crippen LogP contribution in [0, 0.1) is 12.7 Å². The van der Waals surface area contributed by atoms with E-state index in [2.05, 4.69) is 10.2 Å². The van der Waals surface area contributed by atoms with Crippen molar-refractivity contribution in [1.29, 1.82) is 0 Å². The number of H-pyrrole nitrogens is 1. The first-order valence-corrected chi connectivity index (χ1v) is 10.7. The SMILES string of the molecule is Cc1cc(-c2ccc(F)cc2)cc([C@@H]2CCCN2C(=O)c2n[nH]c3c2CCCC3)n1. The highest BCUT2D eigenvalue weighted by Gasteiger charge is 2.34. The number of amides is 1. The lowest BCUT2D eigenvalue weighted by atomic mass is 9.95. The first kappa shape index (κ1) is 19.0. The second kappa shape index (κ2) is 7.67. The lowest BCUT2D eigenvalue weighted by Crippen LogP contribution is -2.32. The molecule has 1 N–H and O–H groups in total. The van der Waals surface area contributed by atoms with Gasteiger partial charge in [0.15, 0.2) is 5.69 Å². The van der Waals surface area contributed by atoms with Gasteiger partial charge in [-0.05, 0) is 80.8 Å². The van der Waals surface area contributed by atoms with Gasteiger partial charge in [-0.15, -0.1) is 0 Å². The van der Waals surface area contributed by atoms with Gasteiger partial charge in [0.05, 0.1) is 11.7 Å². The Morgan fingerprint density at radius 3 is 2.73 bits per heavy atom. The second-order valence-corrected chi connectivity index (χ2v) is 8.32. The Bertz CT molecular complexity index is 1090. The summed E-state index contributed by atoms with van der Waals surface area (Å²) in [7, 11) is 0. The van der Waals surface area contributed by atoms with E-state index in [1.807, 2.05) is 24.0 Å². The van der Waals surface area contributed by atoms with Crippen LogP contribution in [-0.2, 0) is 12.8 Å². The third-order valence-electron chi connectivity index (χ3n) is 6.26. The number of halogens is 1. The molecule has 2 aromatic heterocycles. The van der Waals surface area contributed by atoms with E-state index in [-0.39, 0.29) is 17.8 Å². The van der Waals surface area contributed by atoms with Gasteiger partial charge in [0.1, 0.15) is 5.82 Å². The fraction of sp³-hybridized carbons (Fsp3) is 0.375. The van der Waals surface area contributed by atoms with Crippen molar-refractivity contribution in [3.63, 3.8) is 0 Å². The lowest BCUT2D eigenvalue weighted by Gasteiger charge is -2.25. The minimum absolute atomic E-state index is 0.00328. The number of aryl methyl sites for hydroxylation is 2. The molecule has 0 saturated carbocycles. The molecule has 1 fully saturated rings. The monoisotopic (exact) mass is 404 g/mol. The zero-order valence-electron chi connectivity index (χ0n) is 17.1. The second-order valence-electron chi connectivity index (χ2n) is 8.32. The number of aromatic amines is 1. The predicted molar refractivity (Wildman–Crippen MR) is 113 cm³/mol. The first-order chi connectivity index (χ1) is 14.6. The summed E-state index contributed by atoms with van der Waals surface area (Å²) in [5, 5.41) is 7.47. The Morgan fingerprint density at radius 2 is 1.90 bits per heavy atom. The molecule has 1 amide bonds. The first-order valence-electron chi connectivity index (χ1n) is 10.7. The van der Waals surface area contributed by atoms with Gasteiger partial charge in [-0.1, -0.05) is 12.1 Å². The number of rotatable bonds is 3. The smallest absolute Gasteiger partial charge is 0.275 e. The number of nitrogens with one attached hydrogen (secondary N) is 1. The Hall–Kier alpha value is -3.02. The van der Waals surface area contributed by atoms with Crippen LogP contribution in [0.5, 0.6) is 0 Å². The molecule has 0 spiro atoms. The summed E-state index contributed by atoms with van der Waals surface area (Å²) in [4.78, 5) is 20.1. The molecular weight excluding hydrogens is 379 g/mol. The maximum absolute atomic E-state index is 13.4. The van der Waals surface area contributed by atoms with Gasteiger partial charge in [0, 0.05) is 23.5 Å². The number of carbonyl (C=O) groups is 1. The van der Waals surface area contributed by atoms with Crippen LogP contribution in [0.15, 0.2) is 36.4 Å². The molecule has 3 heterocycles. The summed E-state index contributed by atoms with van der Waals surface area (Å²) in [6.07, 6.45) is 5.98. The number of aromatic nitrogens is 3. The number of hydrogen-bond donors (Lipinski definition) is 1. The van der Waals surface area contributed by atoms with Crippen molar-refractivity contribution < 1.29 is 9.18 Å². The molecule has 1 aliphatic carbocycles. The normalized spacial score (nSPS) is 18.5. The van der Waals surface area contributed by atoms with E-state index in [4.69, 9.17) is 4.98 Å². The summed E-state index contributed by atoms with van der Waals surface area (Å²) in [5.41, 5.74) is 6.53. The van der Waals surface area contributed by atoms with Crippen molar-refractivity contribution >= 4 is 5.91 Å². The minimum Gasteiger partial charge on any atom is -0.329 e. The molecule has 0 unspecified atom stereocenters. The molecule has 1 saturated heterocycles. The lowest BCUT2D eigenvalue weighted by molar-refractivity contribution is 0.0725. The molecule has 5 nitrogen and oxygen atoms in total. The van der Waals surface area contributed by atoms with Crippen LogP contribution in [0.25, 0.3) is 11.1 Å². The van der Waals surface area contributed by atoms with Crippen molar-refractivity contribution in [1.82, 2.24) is 20.1 Å². The summed E-state index contributed by atoms with van der Waals surface area (Å²) >= 11 is 0. The number of pyridine rings is 1. The van der Waals surface area contributed by atoms with E-state index in [0.717, 1.165) is 72.3 Å². The van der Waals surface area contributed by atoms with Crippen LogP contribution in [-0.4, -0.2) is 32.5 Å². The van der Waals surface area contributed by atoms with Crippen LogP contribution in [0.3, 0.4) is 0 Å². The average Bonchev–Trinajstić information content (AvgIpc) is 3.41. The Balaban J connectivity index is 1.47. The molecule has 154 valence electrons. The number of carbonyl (C=O) groups excluding carboxylic acids is 1. The Kier molecular flexibility index (Phi) is 4.85. The van der Waals surface area contributed by atoms with Gasteiger partial charge in [0.2, 0.25) is 0 Å². The van der Waals surface area contributed by atoms with Gasteiger partial charge in [-0.3, -0.25) is 14.9 Å². The van der Waals surface area contributed by atoms with Gasteiger partial charge in [-0.2, -0.15) is 5.10 Å². The van der Waals surface area contributed by atoms with Crippen molar-refractivity contribution in [3.8, 4) is 11.1 Å². The largest absolute Gasteiger partial charge is 0.329 e. The van der Waals surface area contributed by atoms with Gasteiger partial charge in [-0.25, -0.2) is 4.39 Å². The van der Waals surface area contributed by atoms with Crippen molar-refractivity contribution in [2.75, 3.05) is 6.54 Å². The zero-order valence-corrected chi connectivity index (χ0v) is 17.1. The summed E-state index contributed by atoms with van der Waals surface area (Å²) < 4.78 is 13.3. The molecule has 2 aliphatic rings. The average molecular weight is 404 g/mol. The quantitative estimate of drug-likeness (QED) is 0.684. The fourth-order valence-corrected chi connectivity index (χ4v) is 4.79. The van der Waals surface area contributed by atoms with Crippen LogP contribution in [0.2, 0.25) is 0 Å². The predicted octanol–water partition coefficient (Wildman–Crippen LogP) is 4.78. The third-order valence-corrected chi connectivity index (χ3v) is 6.26. The third kappa shape index (κ3) is 3.40. The van der Waals surface area contributed by atoms with Gasteiger partial charge < -0.3 is 4.90 Å². The van der Waals surface area contributed by atoms with Crippen molar-refractivity contribution in [2.24, 2.45) is 0 Å². The number of benzene rings is 1. The number of fused-ring (bicyclic) bond motifs is 1. The summed E-state index contributed by atoms with van der Waals surface area (Å²) in [5.74, 6) is -0.247. The molecule has 1 atom stereocenters. The highest BCUT2D eigenvalue weighted by atomic mass is 19.1. The maximum Gasteiger partial charge on any atom is 0.275 e. The summed E-state index contributed by atoms with van der Waals surface area (Å²) in [6, 6.07) is 10.5. The molecule has 3 aromatic rings. The topological polar surface area (TPSA) is 61.9 Å². The van der Waals surface area contributed by atoms with E-state index in [0.29, 0.717) is 12.2 Å². The maximum atomic E-state index is 13.4. The molecule has 5 rings (SSSR count). The van der Waals surface area contributed by atoms with Crippen molar-refractivity contribution in [3.05, 3.63) is 70.6 Å². The van der Waals surface area contributed by atoms with Crippen LogP contribution in [0.4, 0.5) is 4.39 Å². The molecular formula is C24H25FN4O. The fourth-order valence-electron chi connectivity index (χ4n) is 4.79. The standard InChI is InChI=1S/C24H25FN4O/c1-15-13-17(16-8-10-18(25)11-9-16)14-21(26-15)22-7-4-12-29(22)24(30)23-19-5-2-3-6-20(19)27-28-23/h8-11,13-14,22H,2-7,12H2,1H3,(H,27,28)/t22-/m0/s1. The molecule has 30 heavy (non-hydrogen) atoms. The molecule has 1 aromatic carbocycles. The zero-order chi connectivity index (χ0) is 20.7. The number of nitrogens with zero attached hydrogens (tertiary/aromatic N) is 3. The Morgan fingerprint density at radius 1 is 1.10 bits per heavy atom.